The highest BCUT2D eigenvalue weighted by atomic mass is 16.2. The van der Waals surface area contributed by atoms with Gasteiger partial charge in [0.05, 0.1) is 11.6 Å². The van der Waals surface area contributed by atoms with E-state index < -0.39 is 0 Å². The number of hydrogen-bond acceptors (Lipinski definition) is 3. The van der Waals surface area contributed by atoms with Crippen molar-refractivity contribution in [3.63, 3.8) is 0 Å². The van der Waals surface area contributed by atoms with Crippen LogP contribution in [0.25, 0.3) is 10.9 Å². The van der Waals surface area contributed by atoms with Gasteiger partial charge in [-0.15, -0.1) is 0 Å². The number of benzene rings is 3. The number of para-hydroxylation sites is 1. The summed E-state index contributed by atoms with van der Waals surface area (Å²) in [5, 5.41) is 13.0. The van der Waals surface area contributed by atoms with Gasteiger partial charge in [-0.25, -0.2) is 4.79 Å². The van der Waals surface area contributed by atoms with Gasteiger partial charge in [-0.3, -0.25) is 4.79 Å². The first-order valence-corrected chi connectivity index (χ1v) is 12.4. The highest BCUT2D eigenvalue weighted by Gasteiger charge is 2.24. The summed E-state index contributed by atoms with van der Waals surface area (Å²) >= 11 is 0. The van der Waals surface area contributed by atoms with E-state index in [1.54, 1.807) is 24.3 Å². The molecule has 0 spiro atoms. The molecule has 0 unspecified atom stereocenters. The maximum atomic E-state index is 13.6. The summed E-state index contributed by atoms with van der Waals surface area (Å²) in [6, 6.07) is 26.2. The fourth-order valence-electron chi connectivity index (χ4n) is 4.25. The van der Waals surface area contributed by atoms with Crippen LogP contribution >= 0.6 is 0 Å². The molecule has 1 heterocycles. The molecule has 3 aromatic carbocycles. The standard InChI is InChI=1S/C30H31N5O2/c1-22(2)35(30(37)33-26-14-12-23(18-31)13-15-26)21-29(36)34(20-24-8-4-3-5-9-24)17-16-25-19-32-28-11-7-6-10-27(25)28/h3-15,19,22,32H,16-17,20-21H2,1-2H3,(H,33,37). The number of hydrogen-bond donors (Lipinski definition) is 2. The van der Waals surface area contributed by atoms with Gasteiger partial charge in [0.1, 0.15) is 6.54 Å². The van der Waals surface area contributed by atoms with Crippen molar-refractivity contribution in [1.82, 2.24) is 14.8 Å². The van der Waals surface area contributed by atoms with Crippen molar-refractivity contribution in [1.29, 1.82) is 5.26 Å². The molecule has 0 fully saturated rings. The molecule has 37 heavy (non-hydrogen) atoms. The second kappa shape index (κ2) is 11.9. The van der Waals surface area contributed by atoms with E-state index >= 15 is 0 Å². The molecule has 3 amide bonds. The van der Waals surface area contributed by atoms with Crippen LogP contribution in [-0.2, 0) is 17.8 Å². The van der Waals surface area contributed by atoms with Crippen LogP contribution in [0.3, 0.4) is 0 Å². The number of carbonyl (C=O) groups is 2. The minimum atomic E-state index is -0.357. The van der Waals surface area contributed by atoms with E-state index in [0.717, 1.165) is 22.0 Å². The zero-order valence-corrected chi connectivity index (χ0v) is 21.1. The molecule has 0 saturated heterocycles. The number of nitriles is 1. The van der Waals surface area contributed by atoms with E-state index in [9.17, 15) is 9.59 Å². The largest absolute Gasteiger partial charge is 0.361 e. The molecule has 7 heteroatoms. The molecule has 0 radical (unpaired) electrons. The minimum Gasteiger partial charge on any atom is -0.361 e. The molecule has 0 saturated carbocycles. The van der Waals surface area contributed by atoms with Crippen LogP contribution in [0.2, 0.25) is 0 Å². The summed E-state index contributed by atoms with van der Waals surface area (Å²) in [6.07, 6.45) is 2.70. The molecule has 4 rings (SSSR count). The van der Waals surface area contributed by atoms with Crippen molar-refractivity contribution in [3.05, 3.63) is 102 Å². The lowest BCUT2D eigenvalue weighted by molar-refractivity contribution is -0.132. The van der Waals surface area contributed by atoms with Crippen LogP contribution in [-0.4, -0.2) is 45.9 Å². The van der Waals surface area contributed by atoms with Crippen molar-refractivity contribution >= 4 is 28.5 Å². The number of aromatic amines is 1. The zero-order chi connectivity index (χ0) is 26.2. The number of amides is 3. The smallest absolute Gasteiger partial charge is 0.322 e. The summed E-state index contributed by atoms with van der Waals surface area (Å²) in [7, 11) is 0. The quantitative estimate of drug-likeness (QED) is 0.320. The van der Waals surface area contributed by atoms with E-state index in [1.165, 1.54) is 4.90 Å². The SMILES string of the molecule is CC(C)N(CC(=O)N(CCc1c[nH]c2ccccc12)Cc1ccccc1)C(=O)Nc1ccc(C#N)cc1. The number of urea groups is 1. The minimum absolute atomic E-state index is 0.0412. The molecule has 0 aliphatic carbocycles. The van der Waals surface area contributed by atoms with Crippen LogP contribution in [0.5, 0.6) is 0 Å². The Morgan fingerprint density at radius 1 is 0.973 bits per heavy atom. The van der Waals surface area contributed by atoms with Gasteiger partial charge in [-0.1, -0.05) is 48.5 Å². The fraction of sp³-hybridized carbons (Fsp3) is 0.233. The van der Waals surface area contributed by atoms with Gasteiger partial charge < -0.3 is 20.1 Å². The predicted molar refractivity (Wildman–Crippen MR) is 146 cm³/mol. The number of fused-ring (bicyclic) bond motifs is 1. The monoisotopic (exact) mass is 493 g/mol. The molecule has 0 aliphatic heterocycles. The number of H-pyrrole nitrogens is 1. The second-order valence-electron chi connectivity index (χ2n) is 9.25. The number of nitrogens with zero attached hydrogens (tertiary/aromatic N) is 3. The Kier molecular flexibility index (Phi) is 8.22. The summed E-state index contributed by atoms with van der Waals surface area (Å²) < 4.78 is 0. The molecule has 188 valence electrons. The number of anilines is 1. The Hall–Kier alpha value is -4.57. The lowest BCUT2D eigenvalue weighted by atomic mass is 10.1. The average Bonchev–Trinajstić information content (AvgIpc) is 3.33. The second-order valence-corrected chi connectivity index (χ2v) is 9.25. The van der Waals surface area contributed by atoms with Gasteiger partial charge in [-0.2, -0.15) is 5.26 Å². The summed E-state index contributed by atoms with van der Waals surface area (Å²) in [5.41, 5.74) is 4.35. The molecule has 0 bridgehead atoms. The summed E-state index contributed by atoms with van der Waals surface area (Å²) in [4.78, 5) is 33.3. The van der Waals surface area contributed by atoms with Crippen molar-refractivity contribution in [2.45, 2.75) is 32.9 Å². The van der Waals surface area contributed by atoms with Gasteiger partial charge >= 0.3 is 6.03 Å². The Bertz CT molecular complexity index is 1390. The zero-order valence-electron chi connectivity index (χ0n) is 21.1. The first-order valence-electron chi connectivity index (χ1n) is 12.4. The van der Waals surface area contributed by atoms with E-state index in [1.807, 2.05) is 73.5 Å². The first kappa shape index (κ1) is 25.5. The molecule has 1 aromatic heterocycles. The van der Waals surface area contributed by atoms with Crippen molar-refractivity contribution in [2.75, 3.05) is 18.4 Å². The van der Waals surface area contributed by atoms with Crippen molar-refractivity contribution in [2.24, 2.45) is 0 Å². The first-order chi connectivity index (χ1) is 17.9. The maximum absolute atomic E-state index is 13.6. The summed E-state index contributed by atoms with van der Waals surface area (Å²) in [5.74, 6) is -0.118. The molecular formula is C30H31N5O2. The third-order valence-corrected chi connectivity index (χ3v) is 6.35. The van der Waals surface area contributed by atoms with E-state index in [4.69, 9.17) is 5.26 Å². The van der Waals surface area contributed by atoms with Gasteiger partial charge in [0.25, 0.3) is 0 Å². The Morgan fingerprint density at radius 3 is 2.38 bits per heavy atom. The molecule has 7 nitrogen and oxygen atoms in total. The van der Waals surface area contributed by atoms with Crippen LogP contribution in [0.1, 0.15) is 30.5 Å². The highest BCUT2D eigenvalue weighted by molar-refractivity contribution is 5.92. The number of rotatable bonds is 9. The van der Waals surface area contributed by atoms with E-state index in [0.29, 0.717) is 30.8 Å². The van der Waals surface area contributed by atoms with Crippen molar-refractivity contribution in [3.8, 4) is 6.07 Å². The van der Waals surface area contributed by atoms with E-state index in [2.05, 4.69) is 22.4 Å². The van der Waals surface area contributed by atoms with Gasteiger partial charge in [0.2, 0.25) is 5.91 Å². The molecule has 0 atom stereocenters. The normalized spacial score (nSPS) is 10.8. The molecule has 0 aliphatic rings. The maximum Gasteiger partial charge on any atom is 0.322 e. The summed E-state index contributed by atoms with van der Waals surface area (Å²) in [6.45, 7) is 4.72. The van der Waals surface area contributed by atoms with Crippen LogP contribution in [0.15, 0.2) is 85.1 Å². The Labute approximate surface area is 217 Å². The average molecular weight is 494 g/mol. The van der Waals surface area contributed by atoms with E-state index in [-0.39, 0.29) is 24.5 Å². The lowest BCUT2D eigenvalue weighted by Gasteiger charge is -2.30. The Morgan fingerprint density at radius 2 is 1.68 bits per heavy atom. The van der Waals surface area contributed by atoms with Gasteiger partial charge in [0.15, 0.2) is 0 Å². The number of carbonyl (C=O) groups excluding carboxylic acids is 2. The number of nitrogens with one attached hydrogen (secondary N) is 2. The molecule has 2 N–H and O–H groups in total. The lowest BCUT2D eigenvalue weighted by Crippen LogP contribution is -2.47. The van der Waals surface area contributed by atoms with Crippen LogP contribution in [0.4, 0.5) is 10.5 Å². The number of aromatic nitrogens is 1. The third-order valence-electron chi connectivity index (χ3n) is 6.35. The van der Waals surface area contributed by atoms with Crippen molar-refractivity contribution < 1.29 is 9.59 Å². The topological polar surface area (TPSA) is 92.2 Å². The predicted octanol–water partition coefficient (Wildman–Crippen LogP) is 5.55. The van der Waals surface area contributed by atoms with Crippen LogP contribution < -0.4 is 5.32 Å². The fourth-order valence-corrected chi connectivity index (χ4v) is 4.25. The highest BCUT2D eigenvalue weighted by Crippen LogP contribution is 2.19. The van der Waals surface area contributed by atoms with Crippen LogP contribution in [0, 0.1) is 11.3 Å². The van der Waals surface area contributed by atoms with Gasteiger partial charge in [0, 0.05) is 41.9 Å². The molecule has 4 aromatic rings. The third kappa shape index (κ3) is 6.56. The Balaban J connectivity index is 1.48. The molecular weight excluding hydrogens is 462 g/mol. The van der Waals surface area contributed by atoms with Gasteiger partial charge in [-0.05, 0) is 61.7 Å².